The van der Waals surface area contributed by atoms with Crippen LogP contribution in [0.1, 0.15) is 45.1 Å². The Morgan fingerprint density at radius 2 is 1.78 bits per heavy atom. The van der Waals surface area contributed by atoms with Gasteiger partial charge in [0.1, 0.15) is 0 Å². The molecule has 23 heavy (non-hydrogen) atoms. The largest absolute Gasteiger partial charge is 0.462 e. The summed E-state index contributed by atoms with van der Waals surface area (Å²) >= 11 is 0. The Labute approximate surface area is 143 Å². The molecule has 0 atom stereocenters. The number of rotatable bonds is 10. The van der Waals surface area contributed by atoms with E-state index in [0.29, 0.717) is 12.2 Å². The first kappa shape index (κ1) is 19.7. The molecule has 0 aliphatic carbocycles. The Hall–Kier alpha value is -1.35. The zero-order valence-corrected chi connectivity index (χ0v) is 16.3. The lowest BCUT2D eigenvalue weighted by Crippen LogP contribution is -2.41. The van der Waals surface area contributed by atoms with Crippen molar-refractivity contribution in [3.8, 4) is 0 Å². The molecule has 0 saturated heterocycles. The predicted molar refractivity (Wildman–Crippen MR) is 102 cm³/mol. The molecule has 0 unspecified atom stereocenters. The number of hydrogen-bond donors (Lipinski definition) is 0. The van der Waals surface area contributed by atoms with Crippen molar-refractivity contribution in [2.75, 3.05) is 6.61 Å². The number of unbranched alkanes of at least 4 members (excludes halogenated alkanes) is 2. The van der Waals surface area contributed by atoms with Gasteiger partial charge < -0.3 is 4.74 Å². The molecule has 0 fully saturated rings. The highest BCUT2D eigenvalue weighted by molar-refractivity contribution is 6.89. The number of hydrogen-bond acceptors (Lipinski definition) is 2. The minimum atomic E-state index is -1.45. The average Bonchev–Trinajstić information content (AvgIpc) is 2.52. The Morgan fingerprint density at radius 1 is 1.13 bits per heavy atom. The normalized spacial score (nSPS) is 11.3. The number of esters is 1. The highest BCUT2D eigenvalue weighted by Gasteiger charge is 2.22. The molecule has 0 spiro atoms. The summed E-state index contributed by atoms with van der Waals surface area (Å²) in [5.74, 6) is -0.277. The fraction of sp³-hybridized carbons (Fsp3) is 0.550. The van der Waals surface area contributed by atoms with E-state index in [4.69, 9.17) is 4.74 Å². The van der Waals surface area contributed by atoms with Crippen LogP contribution in [-0.2, 0) is 16.0 Å². The summed E-state index contributed by atoms with van der Waals surface area (Å²) in [7, 11) is -1.45. The second-order valence-electron chi connectivity index (χ2n) is 7.06. The van der Waals surface area contributed by atoms with Crippen LogP contribution in [0, 0.1) is 0 Å². The third-order valence-electron chi connectivity index (χ3n) is 4.33. The molecule has 1 aromatic rings. The predicted octanol–water partition coefficient (Wildman–Crippen LogP) is 4.84. The topological polar surface area (TPSA) is 26.3 Å². The van der Waals surface area contributed by atoms with E-state index in [-0.39, 0.29) is 5.97 Å². The standard InChI is InChI=1S/C20H32O2Si/c1-6-7-8-10-18-11-13-19(14-12-18)23(4,5)16-9-15-22-20(21)17(2)3/h11-14H,2,6-10,15-16H2,1,3-5H3. The smallest absolute Gasteiger partial charge is 0.333 e. The molecule has 0 saturated carbocycles. The van der Waals surface area contributed by atoms with E-state index in [1.54, 1.807) is 6.92 Å². The molecule has 0 radical (unpaired) electrons. The van der Waals surface area contributed by atoms with Gasteiger partial charge in [-0.15, -0.1) is 0 Å². The molecule has 2 nitrogen and oxygen atoms in total. The van der Waals surface area contributed by atoms with Crippen LogP contribution in [0.2, 0.25) is 19.1 Å². The molecule has 0 aromatic heterocycles. The van der Waals surface area contributed by atoms with Crippen molar-refractivity contribution < 1.29 is 9.53 Å². The molecule has 0 heterocycles. The summed E-state index contributed by atoms with van der Waals surface area (Å²) in [6.45, 7) is 12.8. The first-order valence-electron chi connectivity index (χ1n) is 8.79. The van der Waals surface area contributed by atoms with Gasteiger partial charge >= 0.3 is 5.97 Å². The molecule has 1 rings (SSSR count). The van der Waals surface area contributed by atoms with Crippen molar-refractivity contribution in [1.29, 1.82) is 0 Å². The molecular formula is C20H32O2Si. The molecular weight excluding hydrogens is 300 g/mol. The summed E-state index contributed by atoms with van der Waals surface area (Å²) < 4.78 is 5.19. The summed E-state index contributed by atoms with van der Waals surface area (Å²) in [5, 5.41) is 1.49. The Morgan fingerprint density at radius 3 is 2.35 bits per heavy atom. The van der Waals surface area contributed by atoms with E-state index >= 15 is 0 Å². The minimum Gasteiger partial charge on any atom is -0.462 e. The zero-order chi connectivity index (χ0) is 17.3. The van der Waals surface area contributed by atoms with Gasteiger partial charge in [-0.2, -0.15) is 0 Å². The van der Waals surface area contributed by atoms with E-state index in [1.165, 1.54) is 36.4 Å². The van der Waals surface area contributed by atoms with E-state index in [1.807, 2.05) is 0 Å². The number of ether oxygens (including phenoxy) is 1. The maximum atomic E-state index is 11.4. The van der Waals surface area contributed by atoms with Crippen LogP contribution in [0.5, 0.6) is 0 Å². The summed E-state index contributed by atoms with van der Waals surface area (Å²) in [6, 6.07) is 10.3. The fourth-order valence-corrected chi connectivity index (χ4v) is 5.03. The minimum absolute atomic E-state index is 0.277. The third kappa shape index (κ3) is 7.17. The summed E-state index contributed by atoms with van der Waals surface area (Å²) in [5.41, 5.74) is 1.92. The molecule has 0 bridgehead atoms. The van der Waals surface area contributed by atoms with Crippen molar-refractivity contribution >= 4 is 19.2 Å². The number of carbonyl (C=O) groups is 1. The monoisotopic (exact) mass is 332 g/mol. The lowest BCUT2D eigenvalue weighted by Gasteiger charge is -2.23. The lowest BCUT2D eigenvalue weighted by atomic mass is 10.1. The van der Waals surface area contributed by atoms with Crippen molar-refractivity contribution in [2.45, 2.75) is 65.1 Å². The molecule has 0 N–H and O–H groups in total. The zero-order valence-electron chi connectivity index (χ0n) is 15.3. The van der Waals surface area contributed by atoms with Crippen LogP contribution in [0.15, 0.2) is 36.4 Å². The van der Waals surface area contributed by atoms with Crippen LogP contribution < -0.4 is 5.19 Å². The summed E-state index contributed by atoms with van der Waals surface area (Å²) in [4.78, 5) is 11.4. The van der Waals surface area contributed by atoms with Gasteiger partial charge in [-0.3, -0.25) is 0 Å². The second-order valence-corrected chi connectivity index (χ2v) is 11.9. The van der Waals surface area contributed by atoms with Gasteiger partial charge in [0, 0.05) is 5.57 Å². The molecule has 1 aromatic carbocycles. The van der Waals surface area contributed by atoms with Gasteiger partial charge in [-0.25, -0.2) is 4.79 Å². The highest BCUT2D eigenvalue weighted by Crippen LogP contribution is 2.14. The van der Waals surface area contributed by atoms with Crippen molar-refractivity contribution in [2.24, 2.45) is 0 Å². The van der Waals surface area contributed by atoms with E-state index < -0.39 is 8.07 Å². The fourth-order valence-electron chi connectivity index (χ4n) is 2.65. The van der Waals surface area contributed by atoms with Gasteiger partial charge in [-0.05, 0) is 31.7 Å². The van der Waals surface area contributed by atoms with Crippen LogP contribution in [0.25, 0.3) is 0 Å². The summed E-state index contributed by atoms with van der Waals surface area (Å²) in [6.07, 6.45) is 5.98. The quantitative estimate of drug-likeness (QED) is 0.265. The van der Waals surface area contributed by atoms with E-state index in [0.717, 1.165) is 12.5 Å². The maximum absolute atomic E-state index is 11.4. The van der Waals surface area contributed by atoms with Crippen molar-refractivity contribution in [1.82, 2.24) is 0 Å². The lowest BCUT2D eigenvalue weighted by molar-refractivity contribution is -0.138. The number of benzene rings is 1. The second kappa shape index (κ2) is 9.71. The first-order valence-corrected chi connectivity index (χ1v) is 12.0. The number of carbonyl (C=O) groups excluding carboxylic acids is 1. The van der Waals surface area contributed by atoms with Crippen LogP contribution in [-0.4, -0.2) is 20.7 Å². The van der Waals surface area contributed by atoms with Crippen LogP contribution in [0.3, 0.4) is 0 Å². The third-order valence-corrected chi connectivity index (χ3v) is 7.83. The van der Waals surface area contributed by atoms with Crippen LogP contribution >= 0.6 is 0 Å². The van der Waals surface area contributed by atoms with Gasteiger partial charge in [0.25, 0.3) is 0 Å². The molecule has 0 amide bonds. The molecule has 0 aliphatic rings. The Kier molecular flexibility index (Phi) is 8.32. The maximum Gasteiger partial charge on any atom is 0.333 e. The van der Waals surface area contributed by atoms with Gasteiger partial charge in [0.05, 0.1) is 14.7 Å². The van der Waals surface area contributed by atoms with E-state index in [2.05, 4.69) is 50.9 Å². The van der Waals surface area contributed by atoms with Crippen LogP contribution in [0.4, 0.5) is 0 Å². The molecule has 3 heteroatoms. The van der Waals surface area contributed by atoms with E-state index in [9.17, 15) is 4.79 Å². The van der Waals surface area contributed by atoms with Crippen molar-refractivity contribution in [3.63, 3.8) is 0 Å². The van der Waals surface area contributed by atoms with Crippen molar-refractivity contribution in [3.05, 3.63) is 42.0 Å². The van der Waals surface area contributed by atoms with Gasteiger partial charge in [0.15, 0.2) is 0 Å². The SMILES string of the molecule is C=C(C)C(=O)OCCC[Si](C)(C)c1ccc(CCCCC)cc1. The van der Waals surface area contributed by atoms with Gasteiger partial charge in [0.2, 0.25) is 0 Å². The Bertz CT molecular complexity index is 503. The molecule has 0 aliphatic heterocycles. The highest BCUT2D eigenvalue weighted by atomic mass is 28.3. The van der Waals surface area contributed by atoms with Gasteiger partial charge in [-0.1, -0.05) is 74.9 Å². The Balaban J connectivity index is 2.45. The average molecular weight is 333 g/mol. The number of aryl methyl sites for hydroxylation is 1. The first-order chi connectivity index (χ1) is 10.9. The molecule has 128 valence electrons.